The third-order valence-corrected chi connectivity index (χ3v) is 4.10. The minimum atomic E-state index is -0.732. The van der Waals surface area contributed by atoms with Crippen molar-refractivity contribution in [3.63, 3.8) is 0 Å². The zero-order chi connectivity index (χ0) is 11.8. The fourth-order valence-corrected chi connectivity index (χ4v) is 3.28. The molecule has 0 amide bonds. The lowest BCUT2D eigenvalue weighted by Crippen LogP contribution is -2.35. The van der Waals surface area contributed by atoms with Crippen molar-refractivity contribution in [2.45, 2.75) is 18.9 Å². The first-order valence-corrected chi connectivity index (χ1v) is 6.47. The minimum absolute atomic E-state index is 0.386. The molecule has 3 rings (SSSR count). The molecule has 0 bridgehead atoms. The lowest BCUT2D eigenvalue weighted by molar-refractivity contribution is -0.138. The van der Waals surface area contributed by atoms with Crippen LogP contribution in [0.3, 0.4) is 0 Å². The van der Waals surface area contributed by atoms with Crippen LogP contribution in [0.4, 0.5) is 5.69 Å². The number of carbonyl (C=O) groups is 1. The summed E-state index contributed by atoms with van der Waals surface area (Å²) < 4.78 is 1.08. The van der Waals surface area contributed by atoms with Gasteiger partial charge in [0, 0.05) is 12.7 Å². The summed E-state index contributed by atoms with van der Waals surface area (Å²) in [5.74, 6) is -0.732. The van der Waals surface area contributed by atoms with Crippen LogP contribution in [0.1, 0.15) is 12.8 Å². The van der Waals surface area contributed by atoms with Crippen LogP contribution in [0.15, 0.2) is 23.7 Å². The van der Waals surface area contributed by atoms with Crippen LogP contribution >= 0.6 is 11.3 Å². The van der Waals surface area contributed by atoms with E-state index in [1.165, 1.54) is 0 Å². The lowest BCUT2D eigenvalue weighted by atomic mass is 10.2. The van der Waals surface area contributed by atoms with E-state index in [0.29, 0.717) is 0 Å². The van der Waals surface area contributed by atoms with Crippen molar-refractivity contribution in [1.82, 2.24) is 4.98 Å². The number of aromatic nitrogens is 1. The summed E-state index contributed by atoms with van der Waals surface area (Å²) in [4.78, 5) is 17.5. The van der Waals surface area contributed by atoms with Gasteiger partial charge in [0.2, 0.25) is 0 Å². The Morgan fingerprint density at radius 2 is 2.41 bits per heavy atom. The maximum absolute atomic E-state index is 11.2. The van der Waals surface area contributed by atoms with Crippen LogP contribution in [0.5, 0.6) is 0 Å². The Bertz CT molecular complexity index is 566. The highest BCUT2D eigenvalue weighted by atomic mass is 32.1. The summed E-state index contributed by atoms with van der Waals surface area (Å²) in [7, 11) is 0. The number of anilines is 1. The molecule has 0 unspecified atom stereocenters. The zero-order valence-corrected chi connectivity index (χ0v) is 9.98. The highest BCUT2D eigenvalue weighted by Gasteiger charge is 2.31. The first kappa shape index (κ1) is 10.5. The van der Waals surface area contributed by atoms with E-state index < -0.39 is 5.97 Å². The number of hydrogen-bond donors (Lipinski definition) is 1. The third kappa shape index (κ3) is 1.67. The molecule has 4 nitrogen and oxygen atoms in total. The van der Waals surface area contributed by atoms with Crippen molar-refractivity contribution in [3.8, 4) is 0 Å². The number of hydrogen-bond acceptors (Lipinski definition) is 4. The third-order valence-electron chi connectivity index (χ3n) is 3.17. The SMILES string of the molecule is O=C(O)[C@H]1CCCN1c1ccnc2ccsc12. The first-order valence-electron chi connectivity index (χ1n) is 5.59. The van der Waals surface area contributed by atoms with E-state index in [4.69, 9.17) is 0 Å². The molecule has 0 saturated carbocycles. The normalized spacial score (nSPS) is 20.0. The molecule has 0 aromatic carbocycles. The molecule has 2 aromatic rings. The maximum atomic E-state index is 11.2. The molecule has 88 valence electrons. The monoisotopic (exact) mass is 248 g/mol. The van der Waals surface area contributed by atoms with Crippen molar-refractivity contribution in [1.29, 1.82) is 0 Å². The van der Waals surface area contributed by atoms with E-state index >= 15 is 0 Å². The van der Waals surface area contributed by atoms with Gasteiger partial charge < -0.3 is 10.0 Å². The van der Waals surface area contributed by atoms with Gasteiger partial charge in [0.25, 0.3) is 0 Å². The average molecular weight is 248 g/mol. The molecule has 5 heteroatoms. The topological polar surface area (TPSA) is 53.4 Å². The summed E-state index contributed by atoms with van der Waals surface area (Å²) in [6.07, 6.45) is 3.41. The fourth-order valence-electron chi connectivity index (χ4n) is 2.40. The summed E-state index contributed by atoms with van der Waals surface area (Å²) in [5, 5.41) is 11.2. The Labute approximate surface area is 103 Å². The molecule has 1 atom stereocenters. The van der Waals surface area contributed by atoms with Crippen molar-refractivity contribution in [2.75, 3.05) is 11.4 Å². The quantitative estimate of drug-likeness (QED) is 0.886. The van der Waals surface area contributed by atoms with Crippen molar-refractivity contribution < 1.29 is 9.90 Å². The summed E-state index contributed by atoms with van der Waals surface area (Å²) in [5.41, 5.74) is 1.96. The summed E-state index contributed by atoms with van der Waals surface area (Å²) in [6.45, 7) is 0.813. The fraction of sp³-hybridized carbons (Fsp3) is 0.333. The van der Waals surface area contributed by atoms with Crippen molar-refractivity contribution >= 4 is 33.2 Å². The molecule has 1 fully saturated rings. The number of carboxylic acid groups (broad SMARTS) is 1. The van der Waals surface area contributed by atoms with Gasteiger partial charge in [-0.1, -0.05) is 0 Å². The standard InChI is InChI=1S/C12H12N2O2S/c15-12(16)10-2-1-6-14(10)9-3-5-13-8-4-7-17-11(8)9/h3-5,7,10H,1-2,6H2,(H,15,16)/t10-/m1/s1. The number of aliphatic carboxylic acids is 1. The van der Waals surface area contributed by atoms with E-state index in [1.807, 2.05) is 22.4 Å². The number of nitrogens with zero attached hydrogens (tertiary/aromatic N) is 2. The zero-order valence-electron chi connectivity index (χ0n) is 9.17. The van der Waals surface area contributed by atoms with Gasteiger partial charge >= 0.3 is 5.97 Å². The molecule has 1 aliphatic heterocycles. The van der Waals surface area contributed by atoms with Crippen LogP contribution in [0.25, 0.3) is 10.2 Å². The van der Waals surface area contributed by atoms with Gasteiger partial charge in [-0.25, -0.2) is 4.79 Å². The van der Waals surface area contributed by atoms with Crippen LogP contribution in [-0.4, -0.2) is 28.6 Å². The van der Waals surface area contributed by atoms with Crippen molar-refractivity contribution in [3.05, 3.63) is 23.7 Å². The molecule has 0 aliphatic carbocycles. The van der Waals surface area contributed by atoms with E-state index in [-0.39, 0.29) is 6.04 Å². The average Bonchev–Trinajstić information content (AvgIpc) is 2.97. The number of pyridine rings is 1. The second-order valence-electron chi connectivity index (χ2n) is 4.15. The smallest absolute Gasteiger partial charge is 0.326 e. The predicted molar refractivity (Wildman–Crippen MR) is 67.6 cm³/mol. The molecule has 17 heavy (non-hydrogen) atoms. The van der Waals surface area contributed by atoms with Gasteiger partial charge in [0.15, 0.2) is 0 Å². The molecule has 1 N–H and O–H groups in total. The van der Waals surface area contributed by atoms with Gasteiger partial charge in [-0.2, -0.15) is 0 Å². The summed E-state index contributed by atoms with van der Waals surface area (Å²) in [6, 6.07) is 3.50. The van der Waals surface area contributed by atoms with Crippen LogP contribution in [0.2, 0.25) is 0 Å². The number of fused-ring (bicyclic) bond motifs is 1. The maximum Gasteiger partial charge on any atom is 0.326 e. The molecular weight excluding hydrogens is 236 g/mol. The minimum Gasteiger partial charge on any atom is -0.480 e. The predicted octanol–water partition coefficient (Wildman–Crippen LogP) is 2.35. The largest absolute Gasteiger partial charge is 0.480 e. The molecule has 1 saturated heterocycles. The second-order valence-corrected chi connectivity index (χ2v) is 5.07. The van der Waals surface area contributed by atoms with Crippen LogP contribution < -0.4 is 4.90 Å². The van der Waals surface area contributed by atoms with Gasteiger partial charge in [-0.05, 0) is 30.4 Å². The Balaban J connectivity index is 2.08. The Morgan fingerprint density at radius 1 is 1.53 bits per heavy atom. The highest BCUT2D eigenvalue weighted by Crippen LogP contribution is 2.34. The molecular formula is C12H12N2O2S. The number of thiophene rings is 1. The number of rotatable bonds is 2. The van der Waals surface area contributed by atoms with E-state index in [0.717, 1.165) is 35.3 Å². The summed E-state index contributed by atoms with van der Waals surface area (Å²) >= 11 is 1.62. The van der Waals surface area contributed by atoms with Gasteiger partial charge in [-0.15, -0.1) is 11.3 Å². The van der Waals surface area contributed by atoms with E-state index in [1.54, 1.807) is 17.5 Å². The van der Waals surface area contributed by atoms with Gasteiger partial charge in [-0.3, -0.25) is 4.98 Å². The molecule has 2 aromatic heterocycles. The van der Waals surface area contributed by atoms with E-state index in [9.17, 15) is 9.90 Å². The molecule has 0 spiro atoms. The highest BCUT2D eigenvalue weighted by molar-refractivity contribution is 7.17. The molecule has 1 aliphatic rings. The Kier molecular flexibility index (Phi) is 2.48. The molecule has 0 radical (unpaired) electrons. The van der Waals surface area contributed by atoms with Crippen LogP contribution in [-0.2, 0) is 4.79 Å². The molecule has 3 heterocycles. The van der Waals surface area contributed by atoms with Gasteiger partial charge in [0.05, 0.1) is 15.9 Å². The van der Waals surface area contributed by atoms with Crippen LogP contribution in [0, 0.1) is 0 Å². The van der Waals surface area contributed by atoms with Gasteiger partial charge in [0.1, 0.15) is 6.04 Å². The first-order chi connectivity index (χ1) is 8.27. The Hall–Kier alpha value is -1.62. The van der Waals surface area contributed by atoms with Crippen molar-refractivity contribution in [2.24, 2.45) is 0 Å². The Morgan fingerprint density at radius 3 is 3.24 bits per heavy atom. The number of carboxylic acids is 1. The second kappa shape index (κ2) is 4.00. The lowest BCUT2D eigenvalue weighted by Gasteiger charge is -2.23. The van der Waals surface area contributed by atoms with E-state index in [2.05, 4.69) is 4.98 Å².